The van der Waals surface area contributed by atoms with Gasteiger partial charge in [-0.25, -0.2) is 9.18 Å². The Balaban J connectivity index is 1.58. The Kier molecular flexibility index (Phi) is 6.30. The van der Waals surface area contributed by atoms with E-state index in [2.05, 4.69) is 0 Å². The fourth-order valence-corrected chi connectivity index (χ4v) is 4.78. The largest absolute Gasteiger partial charge is 0.462 e. The van der Waals surface area contributed by atoms with Crippen LogP contribution >= 0.6 is 0 Å². The zero-order chi connectivity index (χ0) is 19.4. The molecule has 0 N–H and O–H groups in total. The summed E-state index contributed by atoms with van der Waals surface area (Å²) < 4.78 is 18.4. The number of hydrogen-bond donors (Lipinski definition) is 0. The third kappa shape index (κ3) is 4.76. The molecule has 1 amide bonds. The van der Waals surface area contributed by atoms with E-state index in [1.54, 1.807) is 23.1 Å². The number of carbonyl (C=O) groups is 2. The topological polar surface area (TPSA) is 46.6 Å². The third-order valence-electron chi connectivity index (χ3n) is 6.03. The summed E-state index contributed by atoms with van der Waals surface area (Å²) in [7, 11) is 3.63. The maximum absolute atomic E-state index is 12.9. The zero-order valence-corrected chi connectivity index (χ0v) is 16.1. The maximum atomic E-state index is 12.9. The molecule has 0 saturated heterocycles. The SMILES string of the molecule is CN(C)C(=O)C1CCC2CCCC(COC(=O)/C=C/c3ccc(F)cc3)C21. The van der Waals surface area contributed by atoms with E-state index < -0.39 is 5.97 Å². The van der Waals surface area contributed by atoms with Crippen LogP contribution in [-0.2, 0) is 14.3 Å². The van der Waals surface area contributed by atoms with E-state index in [-0.39, 0.29) is 23.6 Å². The highest BCUT2D eigenvalue weighted by Crippen LogP contribution is 2.49. The molecular formula is C22H28FNO3. The molecule has 0 bridgehead atoms. The molecule has 0 heterocycles. The molecular weight excluding hydrogens is 345 g/mol. The van der Waals surface area contributed by atoms with Crippen LogP contribution in [0.15, 0.2) is 30.3 Å². The first-order valence-electron chi connectivity index (χ1n) is 9.77. The van der Waals surface area contributed by atoms with Gasteiger partial charge in [-0.05, 0) is 60.8 Å². The summed E-state index contributed by atoms with van der Waals surface area (Å²) in [4.78, 5) is 26.3. The molecule has 2 fully saturated rings. The molecule has 1 aromatic carbocycles. The van der Waals surface area contributed by atoms with Gasteiger partial charge in [-0.2, -0.15) is 0 Å². The maximum Gasteiger partial charge on any atom is 0.330 e. The Bertz CT molecular complexity index is 698. The summed E-state index contributed by atoms with van der Waals surface area (Å²) in [5.74, 6) is 0.715. The Morgan fingerprint density at radius 3 is 2.59 bits per heavy atom. The van der Waals surface area contributed by atoms with Crippen molar-refractivity contribution in [1.82, 2.24) is 4.90 Å². The lowest BCUT2D eigenvalue weighted by atomic mass is 9.70. The van der Waals surface area contributed by atoms with E-state index >= 15 is 0 Å². The highest BCUT2D eigenvalue weighted by atomic mass is 19.1. The van der Waals surface area contributed by atoms with Crippen molar-refractivity contribution >= 4 is 18.0 Å². The molecule has 0 aromatic heterocycles. The Morgan fingerprint density at radius 1 is 1.15 bits per heavy atom. The minimum atomic E-state index is -0.394. The van der Waals surface area contributed by atoms with Crippen LogP contribution in [0.1, 0.15) is 37.7 Å². The first-order chi connectivity index (χ1) is 13.0. The van der Waals surface area contributed by atoms with Gasteiger partial charge in [0.05, 0.1) is 6.61 Å². The average molecular weight is 373 g/mol. The summed E-state index contributed by atoms with van der Waals surface area (Å²) in [6.45, 7) is 0.366. The van der Waals surface area contributed by atoms with E-state index in [1.165, 1.54) is 24.6 Å². The predicted octanol–water partition coefficient (Wildman–Crippen LogP) is 3.91. The lowest BCUT2D eigenvalue weighted by Crippen LogP contribution is -2.39. The molecule has 4 nitrogen and oxygen atoms in total. The number of fused-ring (bicyclic) bond motifs is 1. The van der Waals surface area contributed by atoms with Gasteiger partial charge in [0.2, 0.25) is 5.91 Å². The lowest BCUT2D eigenvalue weighted by molar-refractivity contribution is -0.141. The van der Waals surface area contributed by atoms with Gasteiger partial charge in [0.15, 0.2) is 0 Å². The van der Waals surface area contributed by atoms with Crippen molar-refractivity contribution < 1.29 is 18.7 Å². The van der Waals surface area contributed by atoms with Gasteiger partial charge in [-0.15, -0.1) is 0 Å². The van der Waals surface area contributed by atoms with Crippen molar-refractivity contribution in [3.8, 4) is 0 Å². The quantitative estimate of drug-likeness (QED) is 0.581. The van der Waals surface area contributed by atoms with Crippen molar-refractivity contribution in [1.29, 1.82) is 0 Å². The molecule has 2 aliphatic rings. The first kappa shape index (κ1) is 19.6. The van der Waals surface area contributed by atoms with Gasteiger partial charge >= 0.3 is 5.97 Å². The molecule has 146 valence electrons. The smallest absolute Gasteiger partial charge is 0.330 e. The van der Waals surface area contributed by atoms with Crippen LogP contribution in [0.25, 0.3) is 6.08 Å². The van der Waals surface area contributed by atoms with Gasteiger partial charge in [-0.3, -0.25) is 4.79 Å². The minimum absolute atomic E-state index is 0.0590. The summed E-state index contributed by atoms with van der Waals surface area (Å²) in [6, 6.07) is 5.94. The van der Waals surface area contributed by atoms with Crippen LogP contribution in [0.4, 0.5) is 4.39 Å². The number of halogens is 1. The summed E-state index contributed by atoms with van der Waals surface area (Å²) in [5, 5.41) is 0. The molecule has 0 spiro atoms. The Morgan fingerprint density at radius 2 is 1.89 bits per heavy atom. The number of hydrogen-bond acceptors (Lipinski definition) is 3. The summed E-state index contributed by atoms with van der Waals surface area (Å²) in [6.07, 6.45) is 8.37. The molecule has 27 heavy (non-hydrogen) atoms. The summed E-state index contributed by atoms with van der Waals surface area (Å²) in [5.41, 5.74) is 0.749. The second-order valence-corrected chi connectivity index (χ2v) is 7.96. The van der Waals surface area contributed by atoms with E-state index in [9.17, 15) is 14.0 Å². The number of esters is 1. The molecule has 4 atom stereocenters. The average Bonchev–Trinajstić information content (AvgIpc) is 3.09. The van der Waals surface area contributed by atoms with E-state index in [0.29, 0.717) is 18.4 Å². The molecule has 4 unspecified atom stereocenters. The molecule has 5 heteroatoms. The van der Waals surface area contributed by atoms with Crippen molar-refractivity contribution in [3.63, 3.8) is 0 Å². The van der Waals surface area contributed by atoms with Crippen molar-refractivity contribution in [3.05, 3.63) is 41.7 Å². The van der Waals surface area contributed by atoms with Crippen LogP contribution in [0.3, 0.4) is 0 Å². The first-order valence-corrected chi connectivity index (χ1v) is 9.77. The molecule has 2 aliphatic carbocycles. The molecule has 0 aliphatic heterocycles. The van der Waals surface area contributed by atoms with Crippen LogP contribution in [-0.4, -0.2) is 37.5 Å². The molecule has 0 radical (unpaired) electrons. The molecule has 1 aromatic rings. The van der Waals surface area contributed by atoms with Crippen LogP contribution in [0.2, 0.25) is 0 Å². The van der Waals surface area contributed by atoms with Crippen LogP contribution in [0, 0.1) is 29.5 Å². The highest BCUT2D eigenvalue weighted by Gasteiger charge is 2.46. The van der Waals surface area contributed by atoms with Crippen molar-refractivity contribution in [2.24, 2.45) is 23.7 Å². The van der Waals surface area contributed by atoms with E-state index in [0.717, 1.165) is 31.2 Å². The Hall–Kier alpha value is -2.17. The summed E-state index contributed by atoms with van der Waals surface area (Å²) >= 11 is 0. The normalized spacial score (nSPS) is 27.4. The second-order valence-electron chi connectivity index (χ2n) is 7.96. The molecule has 3 rings (SSSR count). The number of nitrogens with zero attached hydrogens (tertiary/aromatic N) is 1. The fraction of sp³-hybridized carbons (Fsp3) is 0.545. The third-order valence-corrected chi connectivity index (χ3v) is 6.03. The Labute approximate surface area is 160 Å². The lowest BCUT2D eigenvalue weighted by Gasteiger charge is -2.37. The standard InChI is InChI=1S/C22H28FNO3/c1-24(2)22(26)19-12-9-16-4-3-5-17(21(16)19)14-27-20(25)13-8-15-6-10-18(23)11-7-15/h6-8,10-11,13,16-17,19,21H,3-5,9,12,14H2,1-2H3/b13-8+. The van der Waals surface area contributed by atoms with Gasteiger partial charge < -0.3 is 9.64 Å². The van der Waals surface area contributed by atoms with Crippen LogP contribution < -0.4 is 0 Å². The van der Waals surface area contributed by atoms with Crippen molar-refractivity contribution in [2.45, 2.75) is 32.1 Å². The number of amides is 1. The second kappa shape index (κ2) is 8.68. The number of benzene rings is 1. The van der Waals surface area contributed by atoms with E-state index in [1.807, 2.05) is 14.1 Å². The van der Waals surface area contributed by atoms with E-state index in [4.69, 9.17) is 4.74 Å². The van der Waals surface area contributed by atoms with Gasteiger partial charge in [-0.1, -0.05) is 25.0 Å². The number of rotatable bonds is 5. The van der Waals surface area contributed by atoms with Gasteiger partial charge in [0.25, 0.3) is 0 Å². The zero-order valence-electron chi connectivity index (χ0n) is 16.1. The predicted molar refractivity (Wildman–Crippen MR) is 102 cm³/mol. The van der Waals surface area contributed by atoms with Crippen molar-refractivity contribution in [2.75, 3.05) is 20.7 Å². The molecule has 2 saturated carbocycles. The van der Waals surface area contributed by atoms with Crippen LogP contribution in [0.5, 0.6) is 0 Å². The van der Waals surface area contributed by atoms with Gasteiger partial charge in [0, 0.05) is 26.1 Å². The highest BCUT2D eigenvalue weighted by molar-refractivity contribution is 5.87. The number of ether oxygens (including phenoxy) is 1. The fourth-order valence-electron chi connectivity index (χ4n) is 4.78. The monoisotopic (exact) mass is 373 g/mol. The number of carbonyl (C=O) groups excluding carboxylic acids is 2. The van der Waals surface area contributed by atoms with Gasteiger partial charge in [0.1, 0.15) is 5.82 Å². The minimum Gasteiger partial charge on any atom is -0.462 e.